The molecule has 5 nitrogen and oxygen atoms in total. The summed E-state index contributed by atoms with van der Waals surface area (Å²) in [6.07, 6.45) is 1.40. The standard InChI is InChI=1S/C14H8Br2N2O3/c15-9-1-3-11-8(5-9)6-12(21-11)14(19)18-17-7-10-2-4-13(16)20-10/h1-7H,(H,18,19)/b17-7+. The Morgan fingerprint density at radius 2 is 2.00 bits per heavy atom. The molecule has 0 unspecified atom stereocenters. The number of fused-ring (bicyclic) bond motifs is 1. The summed E-state index contributed by atoms with van der Waals surface area (Å²) in [6.45, 7) is 0. The van der Waals surface area contributed by atoms with Crippen molar-refractivity contribution in [3.05, 3.63) is 57.1 Å². The smallest absolute Gasteiger partial charge is 0.307 e. The van der Waals surface area contributed by atoms with Crippen LogP contribution in [0.1, 0.15) is 16.3 Å². The zero-order chi connectivity index (χ0) is 14.8. The van der Waals surface area contributed by atoms with E-state index in [4.69, 9.17) is 8.83 Å². The number of nitrogens with one attached hydrogen (secondary N) is 1. The van der Waals surface area contributed by atoms with E-state index in [1.54, 1.807) is 24.3 Å². The molecule has 3 aromatic rings. The van der Waals surface area contributed by atoms with Crippen molar-refractivity contribution >= 4 is 55.0 Å². The summed E-state index contributed by atoms with van der Waals surface area (Å²) in [4.78, 5) is 11.9. The van der Waals surface area contributed by atoms with Gasteiger partial charge in [-0.15, -0.1) is 0 Å². The summed E-state index contributed by atoms with van der Waals surface area (Å²) < 4.78 is 12.2. The van der Waals surface area contributed by atoms with E-state index in [1.165, 1.54) is 6.21 Å². The van der Waals surface area contributed by atoms with E-state index in [-0.39, 0.29) is 5.76 Å². The Kier molecular flexibility index (Phi) is 3.94. The number of hydrogen-bond donors (Lipinski definition) is 1. The number of nitrogens with zero attached hydrogens (tertiary/aromatic N) is 1. The van der Waals surface area contributed by atoms with Gasteiger partial charge in [0, 0.05) is 9.86 Å². The van der Waals surface area contributed by atoms with Gasteiger partial charge in [0.25, 0.3) is 0 Å². The first-order chi connectivity index (χ1) is 10.1. The highest BCUT2D eigenvalue weighted by Gasteiger charge is 2.11. The number of hydrazone groups is 1. The highest BCUT2D eigenvalue weighted by Crippen LogP contribution is 2.23. The van der Waals surface area contributed by atoms with Crippen LogP contribution in [0.25, 0.3) is 11.0 Å². The summed E-state index contributed by atoms with van der Waals surface area (Å²) in [5.41, 5.74) is 3.02. The lowest BCUT2D eigenvalue weighted by Crippen LogP contribution is -2.16. The largest absolute Gasteiger partial charge is 0.451 e. The zero-order valence-electron chi connectivity index (χ0n) is 10.5. The summed E-state index contributed by atoms with van der Waals surface area (Å²) in [7, 11) is 0. The van der Waals surface area contributed by atoms with E-state index >= 15 is 0 Å². The summed E-state index contributed by atoms with van der Waals surface area (Å²) in [6, 6.07) is 10.6. The molecule has 3 rings (SSSR count). The predicted octanol–water partition coefficient (Wildman–Crippen LogP) is 4.31. The third-order valence-electron chi connectivity index (χ3n) is 2.65. The first-order valence-electron chi connectivity index (χ1n) is 5.90. The Labute approximate surface area is 136 Å². The molecule has 2 aromatic heterocycles. The molecule has 0 spiro atoms. The molecule has 0 bridgehead atoms. The van der Waals surface area contributed by atoms with E-state index < -0.39 is 5.91 Å². The van der Waals surface area contributed by atoms with Crippen LogP contribution >= 0.6 is 31.9 Å². The van der Waals surface area contributed by atoms with Crippen molar-refractivity contribution in [3.63, 3.8) is 0 Å². The van der Waals surface area contributed by atoms with E-state index in [9.17, 15) is 4.79 Å². The molecule has 21 heavy (non-hydrogen) atoms. The molecular formula is C14H8Br2N2O3. The van der Waals surface area contributed by atoms with Gasteiger partial charge in [-0.1, -0.05) is 15.9 Å². The Morgan fingerprint density at radius 1 is 1.14 bits per heavy atom. The van der Waals surface area contributed by atoms with Crippen molar-refractivity contribution < 1.29 is 13.6 Å². The Hall–Kier alpha value is -1.86. The molecule has 0 radical (unpaired) electrons. The van der Waals surface area contributed by atoms with Crippen molar-refractivity contribution in [2.75, 3.05) is 0 Å². The van der Waals surface area contributed by atoms with Crippen LogP contribution in [-0.2, 0) is 0 Å². The Balaban J connectivity index is 1.73. The van der Waals surface area contributed by atoms with Crippen LogP contribution < -0.4 is 5.43 Å². The zero-order valence-corrected chi connectivity index (χ0v) is 13.6. The number of carbonyl (C=O) groups is 1. The molecule has 0 atom stereocenters. The van der Waals surface area contributed by atoms with Gasteiger partial charge in [0.1, 0.15) is 11.3 Å². The van der Waals surface area contributed by atoms with Gasteiger partial charge in [0.15, 0.2) is 10.4 Å². The molecule has 0 aliphatic carbocycles. The maximum Gasteiger partial charge on any atom is 0.307 e. The number of furan rings is 2. The predicted molar refractivity (Wildman–Crippen MR) is 85.4 cm³/mol. The van der Waals surface area contributed by atoms with Gasteiger partial charge in [0.05, 0.1) is 6.21 Å². The van der Waals surface area contributed by atoms with Crippen molar-refractivity contribution in [1.29, 1.82) is 0 Å². The van der Waals surface area contributed by atoms with Crippen molar-refractivity contribution in [2.45, 2.75) is 0 Å². The fourth-order valence-corrected chi connectivity index (χ4v) is 2.43. The van der Waals surface area contributed by atoms with Crippen LogP contribution in [0.3, 0.4) is 0 Å². The third-order valence-corrected chi connectivity index (χ3v) is 3.57. The molecule has 0 aliphatic heterocycles. The minimum absolute atomic E-state index is 0.195. The lowest BCUT2D eigenvalue weighted by atomic mass is 10.2. The molecular weight excluding hydrogens is 404 g/mol. The van der Waals surface area contributed by atoms with Crippen LogP contribution in [0.4, 0.5) is 0 Å². The number of hydrogen-bond acceptors (Lipinski definition) is 4. The van der Waals surface area contributed by atoms with Gasteiger partial charge >= 0.3 is 5.91 Å². The van der Waals surface area contributed by atoms with E-state index in [0.29, 0.717) is 16.0 Å². The first kappa shape index (κ1) is 14.1. The fourth-order valence-electron chi connectivity index (χ4n) is 1.73. The topological polar surface area (TPSA) is 67.7 Å². The molecule has 0 aliphatic rings. The van der Waals surface area contributed by atoms with Crippen LogP contribution in [0.15, 0.2) is 59.5 Å². The number of rotatable bonds is 3. The molecule has 7 heteroatoms. The van der Waals surface area contributed by atoms with E-state index in [1.807, 2.05) is 12.1 Å². The third kappa shape index (κ3) is 3.25. The summed E-state index contributed by atoms with van der Waals surface area (Å²) in [5.74, 6) is 0.292. The normalized spacial score (nSPS) is 11.3. The quantitative estimate of drug-likeness (QED) is 0.515. The van der Waals surface area contributed by atoms with Crippen molar-refractivity contribution in [2.24, 2.45) is 5.10 Å². The van der Waals surface area contributed by atoms with E-state index in [2.05, 4.69) is 42.4 Å². The average Bonchev–Trinajstić information content (AvgIpc) is 3.04. The van der Waals surface area contributed by atoms with Gasteiger partial charge in [-0.05, 0) is 52.3 Å². The number of carbonyl (C=O) groups excluding carboxylic acids is 1. The molecule has 0 saturated heterocycles. The molecule has 1 aromatic carbocycles. The van der Waals surface area contributed by atoms with Crippen LogP contribution in [0, 0.1) is 0 Å². The number of halogens is 2. The lowest BCUT2D eigenvalue weighted by molar-refractivity contribution is 0.0929. The number of amides is 1. The molecule has 1 N–H and O–H groups in total. The van der Waals surface area contributed by atoms with Gasteiger partial charge in [-0.2, -0.15) is 5.10 Å². The fraction of sp³-hybridized carbons (Fsp3) is 0. The Morgan fingerprint density at radius 3 is 2.76 bits per heavy atom. The van der Waals surface area contributed by atoms with Crippen LogP contribution in [-0.4, -0.2) is 12.1 Å². The second-order valence-electron chi connectivity index (χ2n) is 4.13. The van der Waals surface area contributed by atoms with Crippen LogP contribution in [0.5, 0.6) is 0 Å². The minimum Gasteiger partial charge on any atom is -0.451 e. The highest BCUT2D eigenvalue weighted by molar-refractivity contribution is 9.10. The van der Waals surface area contributed by atoms with E-state index in [0.717, 1.165) is 9.86 Å². The molecule has 0 saturated carbocycles. The van der Waals surface area contributed by atoms with Gasteiger partial charge in [-0.3, -0.25) is 4.79 Å². The first-order valence-corrected chi connectivity index (χ1v) is 7.48. The van der Waals surface area contributed by atoms with Crippen molar-refractivity contribution in [3.8, 4) is 0 Å². The second kappa shape index (κ2) is 5.87. The lowest BCUT2D eigenvalue weighted by Gasteiger charge is -1.93. The highest BCUT2D eigenvalue weighted by atomic mass is 79.9. The SMILES string of the molecule is O=C(N/N=C/c1ccc(Br)o1)c1cc2cc(Br)ccc2o1. The second-order valence-corrected chi connectivity index (χ2v) is 5.83. The van der Waals surface area contributed by atoms with Gasteiger partial charge < -0.3 is 8.83 Å². The average molecular weight is 412 g/mol. The molecule has 2 heterocycles. The van der Waals surface area contributed by atoms with Gasteiger partial charge in [0.2, 0.25) is 0 Å². The molecule has 1 amide bonds. The molecule has 106 valence electrons. The summed E-state index contributed by atoms with van der Waals surface area (Å²) >= 11 is 6.55. The monoisotopic (exact) mass is 410 g/mol. The maximum absolute atomic E-state index is 11.9. The minimum atomic E-state index is -0.427. The number of benzene rings is 1. The van der Waals surface area contributed by atoms with Gasteiger partial charge in [-0.25, -0.2) is 5.43 Å². The van der Waals surface area contributed by atoms with Crippen LogP contribution in [0.2, 0.25) is 0 Å². The Bertz CT molecular complexity index is 836. The molecule has 0 fully saturated rings. The van der Waals surface area contributed by atoms with Crippen molar-refractivity contribution in [1.82, 2.24) is 5.43 Å². The maximum atomic E-state index is 11.9. The summed E-state index contributed by atoms with van der Waals surface area (Å²) in [5, 5.41) is 4.65.